The van der Waals surface area contributed by atoms with Gasteiger partial charge in [-0.2, -0.15) is 0 Å². The molecular weight excluding hydrogens is 296 g/mol. The standard InChI is InChI=1S/C15H15ClO5/c1-9(17)7-14(19)21-8-13(18)10(2)15(20)11-3-5-12(16)6-4-11/h3-6,10H,7-8H2,1-2H3. The second-order valence-corrected chi connectivity index (χ2v) is 5.04. The quantitative estimate of drug-likeness (QED) is 0.438. The second kappa shape index (κ2) is 7.69. The van der Waals surface area contributed by atoms with Crippen molar-refractivity contribution in [3.63, 3.8) is 0 Å². The van der Waals surface area contributed by atoms with E-state index in [2.05, 4.69) is 4.74 Å². The SMILES string of the molecule is CC(=O)CC(=O)OCC(=O)C(C)C(=O)c1ccc(Cl)cc1. The van der Waals surface area contributed by atoms with Crippen LogP contribution in [-0.2, 0) is 19.1 Å². The van der Waals surface area contributed by atoms with Crippen LogP contribution in [0.4, 0.5) is 0 Å². The van der Waals surface area contributed by atoms with E-state index in [-0.39, 0.29) is 18.0 Å². The van der Waals surface area contributed by atoms with Gasteiger partial charge in [-0.25, -0.2) is 0 Å². The van der Waals surface area contributed by atoms with Crippen molar-refractivity contribution in [3.05, 3.63) is 34.9 Å². The first-order chi connectivity index (χ1) is 9.81. The molecule has 6 heteroatoms. The summed E-state index contributed by atoms with van der Waals surface area (Å²) in [4.78, 5) is 45.7. The highest BCUT2D eigenvalue weighted by atomic mass is 35.5. The normalized spacial score (nSPS) is 11.6. The zero-order valence-corrected chi connectivity index (χ0v) is 12.5. The molecule has 0 N–H and O–H groups in total. The minimum absolute atomic E-state index is 0.349. The highest BCUT2D eigenvalue weighted by Crippen LogP contribution is 2.14. The molecule has 0 saturated heterocycles. The number of rotatable bonds is 7. The molecule has 0 spiro atoms. The lowest BCUT2D eigenvalue weighted by atomic mass is 9.96. The lowest BCUT2D eigenvalue weighted by molar-refractivity contribution is -0.150. The van der Waals surface area contributed by atoms with Crippen LogP contribution in [0.15, 0.2) is 24.3 Å². The van der Waals surface area contributed by atoms with Crippen LogP contribution < -0.4 is 0 Å². The zero-order chi connectivity index (χ0) is 16.0. The Balaban J connectivity index is 2.57. The van der Waals surface area contributed by atoms with Gasteiger partial charge >= 0.3 is 5.97 Å². The molecule has 1 aromatic carbocycles. The summed E-state index contributed by atoms with van der Waals surface area (Å²) in [6.07, 6.45) is -0.382. The molecule has 0 bridgehead atoms. The molecule has 1 unspecified atom stereocenters. The molecule has 21 heavy (non-hydrogen) atoms. The Morgan fingerprint density at radius 1 is 1.14 bits per heavy atom. The third-order valence-electron chi connectivity index (χ3n) is 2.77. The Morgan fingerprint density at radius 2 is 1.71 bits per heavy atom. The molecular formula is C15H15ClO5. The van der Waals surface area contributed by atoms with Gasteiger partial charge in [-0.3, -0.25) is 19.2 Å². The first kappa shape index (κ1) is 17.0. The predicted octanol–water partition coefficient (Wildman–Crippen LogP) is 2.25. The van der Waals surface area contributed by atoms with Gasteiger partial charge in [0, 0.05) is 10.6 Å². The van der Waals surface area contributed by atoms with Crippen molar-refractivity contribution in [1.29, 1.82) is 0 Å². The predicted molar refractivity (Wildman–Crippen MR) is 76.2 cm³/mol. The maximum atomic E-state index is 12.1. The van der Waals surface area contributed by atoms with E-state index in [0.717, 1.165) is 0 Å². The highest BCUT2D eigenvalue weighted by Gasteiger charge is 2.23. The van der Waals surface area contributed by atoms with E-state index in [9.17, 15) is 19.2 Å². The van der Waals surface area contributed by atoms with Gasteiger partial charge in [-0.1, -0.05) is 11.6 Å². The maximum Gasteiger partial charge on any atom is 0.313 e. The van der Waals surface area contributed by atoms with Gasteiger partial charge in [0.1, 0.15) is 12.2 Å². The topological polar surface area (TPSA) is 77.5 Å². The van der Waals surface area contributed by atoms with Crippen molar-refractivity contribution in [1.82, 2.24) is 0 Å². The largest absolute Gasteiger partial charge is 0.457 e. The number of carbonyl (C=O) groups excluding carboxylic acids is 4. The lowest BCUT2D eigenvalue weighted by Gasteiger charge is -2.10. The molecule has 1 rings (SSSR count). The molecule has 0 aliphatic carbocycles. The van der Waals surface area contributed by atoms with Crippen LogP contribution in [0.2, 0.25) is 5.02 Å². The van der Waals surface area contributed by atoms with Crippen LogP contribution in [0.3, 0.4) is 0 Å². The van der Waals surface area contributed by atoms with Gasteiger partial charge in [0.15, 0.2) is 18.2 Å². The minimum atomic E-state index is -0.934. The number of halogens is 1. The van der Waals surface area contributed by atoms with E-state index >= 15 is 0 Å². The van der Waals surface area contributed by atoms with Gasteiger partial charge in [0.25, 0.3) is 0 Å². The van der Waals surface area contributed by atoms with Crippen molar-refractivity contribution in [2.45, 2.75) is 20.3 Å². The van der Waals surface area contributed by atoms with Crippen molar-refractivity contribution in [3.8, 4) is 0 Å². The van der Waals surface area contributed by atoms with Crippen LogP contribution in [-0.4, -0.2) is 29.9 Å². The molecule has 0 aliphatic heterocycles. The number of Topliss-reactive ketones (excluding diaryl/α,β-unsaturated/α-hetero) is 3. The fraction of sp³-hybridized carbons (Fsp3) is 0.333. The first-order valence-corrected chi connectivity index (χ1v) is 6.66. The number of benzene rings is 1. The molecule has 0 heterocycles. The number of hydrogen-bond acceptors (Lipinski definition) is 5. The minimum Gasteiger partial charge on any atom is -0.457 e. The Hall–Kier alpha value is -2.01. The molecule has 112 valence electrons. The van der Waals surface area contributed by atoms with E-state index < -0.39 is 24.3 Å². The van der Waals surface area contributed by atoms with E-state index in [1.54, 1.807) is 12.1 Å². The first-order valence-electron chi connectivity index (χ1n) is 6.29. The summed E-state index contributed by atoms with van der Waals surface area (Å²) in [5, 5.41) is 0.490. The van der Waals surface area contributed by atoms with E-state index in [1.807, 2.05) is 0 Å². The van der Waals surface area contributed by atoms with Crippen LogP contribution in [0.5, 0.6) is 0 Å². The van der Waals surface area contributed by atoms with Crippen LogP contribution in [0, 0.1) is 5.92 Å². The van der Waals surface area contributed by atoms with Crippen molar-refractivity contribution in [2.75, 3.05) is 6.61 Å². The third kappa shape index (κ3) is 5.47. The molecule has 0 saturated carbocycles. The Kier molecular flexibility index (Phi) is 6.24. The molecule has 5 nitrogen and oxygen atoms in total. The molecule has 1 aromatic rings. The van der Waals surface area contributed by atoms with Crippen molar-refractivity contribution in [2.24, 2.45) is 5.92 Å². The molecule has 0 aromatic heterocycles. The lowest BCUT2D eigenvalue weighted by Crippen LogP contribution is -2.26. The third-order valence-corrected chi connectivity index (χ3v) is 3.03. The van der Waals surface area contributed by atoms with E-state index in [1.165, 1.54) is 26.0 Å². The Labute approximate surface area is 127 Å². The van der Waals surface area contributed by atoms with Crippen LogP contribution in [0.25, 0.3) is 0 Å². The molecule has 0 radical (unpaired) electrons. The average molecular weight is 311 g/mol. The number of hydrogen-bond donors (Lipinski definition) is 0. The number of ketones is 3. The van der Waals surface area contributed by atoms with Crippen molar-refractivity contribution < 1.29 is 23.9 Å². The second-order valence-electron chi connectivity index (χ2n) is 4.60. The summed E-state index contributed by atoms with van der Waals surface area (Å²) in [6, 6.07) is 6.16. The summed E-state index contributed by atoms with van der Waals surface area (Å²) in [5.41, 5.74) is 0.357. The molecule has 0 aliphatic rings. The molecule has 0 fully saturated rings. The van der Waals surface area contributed by atoms with Gasteiger partial charge in [0.05, 0.1) is 5.92 Å². The van der Waals surface area contributed by atoms with Gasteiger partial charge in [-0.15, -0.1) is 0 Å². The highest BCUT2D eigenvalue weighted by molar-refractivity contribution is 6.30. The smallest absolute Gasteiger partial charge is 0.313 e. The number of esters is 1. The fourth-order valence-electron chi connectivity index (χ4n) is 1.54. The van der Waals surface area contributed by atoms with Gasteiger partial charge in [-0.05, 0) is 38.1 Å². The van der Waals surface area contributed by atoms with E-state index in [4.69, 9.17) is 11.6 Å². The van der Waals surface area contributed by atoms with Gasteiger partial charge < -0.3 is 4.74 Å². The summed E-state index contributed by atoms with van der Waals surface area (Å²) in [7, 11) is 0. The fourth-order valence-corrected chi connectivity index (χ4v) is 1.67. The van der Waals surface area contributed by atoms with Gasteiger partial charge in [0.2, 0.25) is 0 Å². The number of ether oxygens (including phenoxy) is 1. The maximum absolute atomic E-state index is 12.1. The zero-order valence-electron chi connectivity index (χ0n) is 11.7. The average Bonchev–Trinajstić information content (AvgIpc) is 2.43. The van der Waals surface area contributed by atoms with Crippen molar-refractivity contribution >= 4 is 34.9 Å². The molecule has 0 amide bonds. The number of carbonyl (C=O) groups is 4. The van der Waals surface area contributed by atoms with Crippen LogP contribution >= 0.6 is 11.6 Å². The van der Waals surface area contributed by atoms with E-state index in [0.29, 0.717) is 10.6 Å². The Bertz CT molecular complexity index is 562. The summed E-state index contributed by atoms with van der Waals surface area (Å²) in [5.74, 6) is -2.96. The summed E-state index contributed by atoms with van der Waals surface area (Å²) < 4.78 is 4.66. The Morgan fingerprint density at radius 3 is 2.24 bits per heavy atom. The van der Waals surface area contributed by atoms with Crippen LogP contribution in [0.1, 0.15) is 30.6 Å². The summed E-state index contributed by atoms with van der Waals surface area (Å²) >= 11 is 5.72. The monoisotopic (exact) mass is 310 g/mol. The summed E-state index contributed by atoms with van der Waals surface area (Å²) in [6.45, 7) is 2.17. The molecule has 1 atom stereocenters.